The van der Waals surface area contributed by atoms with Gasteiger partial charge in [0.2, 0.25) is 0 Å². The lowest BCUT2D eigenvalue weighted by Gasteiger charge is -2.25. The summed E-state index contributed by atoms with van der Waals surface area (Å²) in [7, 11) is 0. The van der Waals surface area contributed by atoms with Gasteiger partial charge in [-0.2, -0.15) is 0 Å². The topological polar surface area (TPSA) is 21.7 Å². The number of hydrogen-bond acceptors (Lipinski definition) is 3. The van der Waals surface area contributed by atoms with Gasteiger partial charge in [0.1, 0.15) is 0 Å². The Morgan fingerprint density at radius 3 is 1.95 bits per heavy atom. The first kappa shape index (κ1) is 19.0. The summed E-state index contributed by atoms with van der Waals surface area (Å²) >= 11 is 0. The van der Waals surface area contributed by atoms with E-state index in [-0.39, 0.29) is 0 Å². The van der Waals surface area contributed by atoms with Crippen LogP contribution in [0.15, 0.2) is 24.3 Å². The Morgan fingerprint density at radius 1 is 0.864 bits per heavy atom. The third-order valence-corrected chi connectivity index (χ3v) is 3.66. The molecule has 0 N–H and O–H groups in total. The Labute approximate surface area is 136 Å². The molecule has 0 unspecified atom stereocenters. The highest BCUT2D eigenvalue weighted by atomic mass is 16.5. The van der Waals surface area contributed by atoms with Gasteiger partial charge < -0.3 is 14.4 Å². The minimum absolute atomic E-state index is 0.781. The first-order chi connectivity index (χ1) is 10.8. The molecule has 0 radical (unpaired) electrons. The van der Waals surface area contributed by atoms with Crippen LogP contribution in [0.3, 0.4) is 0 Å². The number of hydrogen-bond donors (Lipinski definition) is 0. The standard InChI is InChI=1S/C19H33NO2/c1-4-6-13-21-15-11-20(12-16-22-14-7-5-2)19-10-8-9-18(3)17-19/h8-10,17H,4-7,11-16H2,1-3H3. The maximum Gasteiger partial charge on any atom is 0.0641 e. The molecule has 1 aromatic carbocycles. The molecule has 3 heteroatoms. The number of ether oxygens (including phenoxy) is 2. The van der Waals surface area contributed by atoms with Crippen LogP contribution < -0.4 is 4.90 Å². The lowest BCUT2D eigenvalue weighted by Crippen LogP contribution is -2.31. The molecular formula is C19H33NO2. The molecule has 0 fully saturated rings. The lowest BCUT2D eigenvalue weighted by atomic mass is 10.2. The molecule has 0 spiro atoms. The summed E-state index contributed by atoms with van der Waals surface area (Å²) in [5, 5.41) is 0. The van der Waals surface area contributed by atoms with Gasteiger partial charge in [-0.15, -0.1) is 0 Å². The van der Waals surface area contributed by atoms with Gasteiger partial charge in [0, 0.05) is 32.0 Å². The summed E-state index contributed by atoms with van der Waals surface area (Å²) in [5.74, 6) is 0. The van der Waals surface area contributed by atoms with Crippen LogP contribution in [0.25, 0.3) is 0 Å². The molecule has 0 bridgehead atoms. The molecule has 0 heterocycles. The molecule has 1 aromatic rings. The Morgan fingerprint density at radius 2 is 1.45 bits per heavy atom. The number of anilines is 1. The van der Waals surface area contributed by atoms with Crippen LogP contribution in [-0.4, -0.2) is 39.5 Å². The van der Waals surface area contributed by atoms with Crippen LogP contribution in [0.1, 0.15) is 45.1 Å². The zero-order chi connectivity index (χ0) is 16.0. The van der Waals surface area contributed by atoms with Crippen molar-refractivity contribution in [3.8, 4) is 0 Å². The van der Waals surface area contributed by atoms with Gasteiger partial charge in [-0.1, -0.05) is 38.8 Å². The van der Waals surface area contributed by atoms with Gasteiger partial charge >= 0.3 is 0 Å². The molecular weight excluding hydrogens is 274 g/mol. The van der Waals surface area contributed by atoms with E-state index in [1.807, 2.05) is 0 Å². The maximum atomic E-state index is 5.72. The summed E-state index contributed by atoms with van der Waals surface area (Å²) in [4.78, 5) is 2.37. The van der Waals surface area contributed by atoms with Gasteiger partial charge in [0.05, 0.1) is 13.2 Å². The van der Waals surface area contributed by atoms with Crippen molar-refractivity contribution in [1.29, 1.82) is 0 Å². The molecule has 0 aliphatic heterocycles. The third-order valence-electron chi connectivity index (χ3n) is 3.66. The third kappa shape index (κ3) is 8.40. The molecule has 0 saturated heterocycles. The molecule has 0 aliphatic rings. The fraction of sp³-hybridized carbons (Fsp3) is 0.684. The fourth-order valence-corrected chi connectivity index (χ4v) is 2.24. The van der Waals surface area contributed by atoms with Crippen LogP contribution in [0, 0.1) is 6.92 Å². The second-order valence-electron chi connectivity index (χ2n) is 5.76. The summed E-state index contributed by atoms with van der Waals surface area (Å²) < 4.78 is 11.4. The molecule has 0 atom stereocenters. The minimum Gasteiger partial charge on any atom is -0.380 e. The Kier molecular flexibility index (Phi) is 10.8. The fourth-order valence-electron chi connectivity index (χ4n) is 2.24. The van der Waals surface area contributed by atoms with E-state index in [4.69, 9.17) is 9.47 Å². The number of aryl methyl sites for hydroxylation is 1. The van der Waals surface area contributed by atoms with Gasteiger partial charge in [0.15, 0.2) is 0 Å². The highest BCUT2D eigenvalue weighted by Crippen LogP contribution is 2.15. The van der Waals surface area contributed by atoms with Gasteiger partial charge in [0.25, 0.3) is 0 Å². The summed E-state index contributed by atoms with van der Waals surface area (Å²) in [5.41, 5.74) is 2.56. The number of unbranched alkanes of at least 4 members (excludes halogenated alkanes) is 2. The summed E-state index contributed by atoms with van der Waals surface area (Å²) in [6, 6.07) is 8.66. The molecule has 0 aliphatic carbocycles. The lowest BCUT2D eigenvalue weighted by molar-refractivity contribution is 0.125. The van der Waals surface area contributed by atoms with E-state index in [1.165, 1.54) is 24.1 Å². The minimum atomic E-state index is 0.781. The van der Waals surface area contributed by atoms with Crippen molar-refractivity contribution < 1.29 is 9.47 Å². The first-order valence-corrected chi connectivity index (χ1v) is 8.75. The average molecular weight is 307 g/mol. The van der Waals surface area contributed by atoms with Crippen LogP contribution in [0.4, 0.5) is 5.69 Å². The van der Waals surface area contributed by atoms with Crippen LogP contribution >= 0.6 is 0 Å². The summed E-state index contributed by atoms with van der Waals surface area (Å²) in [6.45, 7) is 11.7. The van der Waals surface area contributed by atoms with E-state index < -0.39 is 0 Å². The number of rotatable bonds is 13. The molecule has 126 valence electrons. The van der Waals surface area contributed by atoms with Crippen molar-refractivity contribution >= 4 is 5.69 Å². The van der Waals surface area contributed by atoms with Crippen molar-refractivity contribution in [1.82, 2.24) is 0 Å². The molecule has 0 aromatic heterocycles. The second-order valence-corrected chi connectivity index (χ2v) is 5.76. The average Bonchev–Trinajstić information content (AvgIpc) is 2.52. The highest BCUT2D eigenvalue weighted by Gasteiger charge is 2.06. The van der Waals surface area contributed by atoms with E-state index in [1.54, 1.807) is 0 Å². The Bertz CT molecular complexity index is 367. The quantitative estimate of drug-likeness (QED) is 0.503. The zero-order valence-electron chi connectivity index (χ0n) is 14.6. The summed E-state index contributed by atoms with van der Waals surface area (Å²) in [6.07, 6.45) is 4.66. The molecule has 22 heavy (non-hydrogen) atoms. The SMILES string of the molecule is CCCCOCCN(CCOCCCC)c1cccc(C)c1. The molecule has 1 rings (SSSR count). The van der Waals surface area contributed by atoms with Crippen molar-refractivity contribution in [2.75, 3.05) is 44.4 Å². The predicted octanol–water partition coefficient (Wildman–Crippen LogP) is 4.43. The van der Waals surface area contributed by atoms with Crippen molar-refractivity contribution in [3.05, 3.63) is 29.8 Å². The normalized spacial score (nSPS) is 10.9. The van der Waals surface area contributed by atoms with E-state index in [0.29, 0.717) is 0 Å². The van der Waals surface area contributed by atoms with Crippen LogP contribution in [-0.2, 0) is 9.47 Å². The monoisotopic (exact) mass is 307 g/mol. The second kappa shape index (κ2) is 12.5. The molecule has 3 nitrogen and oxygen atoms in total. The van der Waals surface area contributed by atoms with E-state index in [2.05, 4.69) is 49.9 Å². The van der Waals surface area contributed by atoms with Crippen molar-refractivity contribution in [2.45, 2.75) is 46.5 Å². The Balaban J connectivity index is 2.42. The van der Waals surface area contributed by atoms with Crippen LogP contribution in [0.5, 0.6) is 0 Å². The van der Waals surface area contributed by atoms with Crippen molar-refractivity contribution in [2.24, 2.45) is 0 Å². The number of nitrogens with zero attached hydrogens (tertiary/aromatic N) is 1. The van der Waals surface area contributed by atoms with E-state index in [0.717, 1.165) is 52.4 Å². The van der Waals surface area contributed by atoms with Gasteiger partial charge in [-0.05, 0) is 37.5 Å². The predicted molar refractivity (Wildman–Crippen MR) is 94.8 cm³/mol. The van der Waals surface area contributed by atoms with Crippen molar-refractivity contribution in [3.63, 3.8) is 0 Å². The number of benzene rings is 1. The zero-order valence-corrected chi connectivity index (χ0v) is 14.6. The van der Waals surface area contributed by atoms with Gasteiger partial charge in [-0.25, -0.2) is 0 Å². The van der Waals surface area contributed by atoms with Crippen LogP contribution in [0.2, 0.25) is 0 Å². The molecule has 0 saturated carbocycles. The smallest absolute Gasteiger partial charge is 0.0641 e. The highest BCUT2D eigenvalue weighted by molar-refractivity contribution is 5.48. The molecule has 0 amide bonds. The Hall–Kier alpha value is -1.06. The largest absolute Gasteiger partial charge is 0.380 e. The first-order valence-electron chi connectivity index (χ1n) is 8.75. The van der Waals surface area contributed by atoms with E-state index in [9.17, 15) is 0 Å². The maximum absolute atomic E-state index is 5.72. The van der Waals surface area contributed by atoms with E-state index >= 15 is 0 Å². The van der Waals surface area contributed by atoms with Gasteiger partial charge in [-0.3, -0.25) is 0 Å².